The molecular formula is C23H18N2O2. The number of nitrogens with one attached hydrogen (secondary N) is 1. The lowest BCUT2D eigenvalue weighted by molar-refractivity contribution is 0.102. The maximum Gasteiger partial charge on any atom is 0.259 e. The van der Waals surface area contributed by atoms with Gasteiger partial charge < -0.3 is 10.1 Å². The number of amides is 1. The Morgan fingerprint density at radius 2 is 1.67 bits per heavy atom. The van der Waals surface area contributed by atoms with Gasteiger partial charge in [0.1, 0.15) is 11.5 Å². The fraction of sp³-hybridized carbons (Fsp3) is 0.0435. The van der Waals surface area contributed by atoms with E-state index in [9.17, 15) is 4.79 Å². The lowest BCUT2D eigenvalue weighted by Gasteiger charge is -2.12. The molecule has 4 heteroatoms. The maximum atomic E-state index is 12.9. The molecular weight excluding hydrogens is 336 g/mol. The maximum absolute atomic E-state index is 12.9. The summed E-state index contributed by atoms with van der Waals surface area (Å²) in [6, 6.07) is 24.5. The molecule has 132 valence electrons. The molecule has 0 aliphatic heterocycles. The number of carbonyl (C=O) groups is 1. The van der Waals surface area contributed by atoms with Gasteiger partial charge in [0, 0.05) is 11.6 Å². The van der Waals surface area contributed by atoms with E-state index in [1.54, 1.807) is 18.3 Å². The molecule has 0 saturated carbocycles. The zero-order valence-corrected chi connectivity index (χ0v) is 14.8. The van der Waals surface area contributed by atoms with Crippen molar-refractivity contribution in [2.24, 2.45) is 0 Å². The molecule has 0 aliphatic rings. The summed E-state index contributed by atoms with van der Waals surface area (Å²) in [5.41, 5.74) is 3.04. The second-order valence-electron chi connectivity index (χ2n) is 6.25. The van der Waals surface area contributed by atoms with Gasteiger partial charge in [0.25, 0.3) is 5.91 Å². The van der Waals surface area contributed by atoms with Crippen LogP contribution < -0.4 is 10.1 Å². The number of ether oxygens (including phenoxy) is 1. The first kappa shape index (κ1) is 16.8. The number of para-hydroxylation sites is 2. The summed E-state index contributed by atoms with van der Waals surface area (Å²) < 4.78 is 5.93. The van der Waals surface area contributed by atoms with E-state index in [4.69, 9.17) is 4.74 Å². The highest BCUT2D eigenvalue weighted by molar-refractivity contribution is 6.09. The summed E-state index contributed by atoms with van der Waals surface area (Å²) in [6.45, 7) is 2.02. The third-order valence-corrected chi connectivity index (χ3v) is 4.26. The van der Waals surface area contributed by atoms with Crippen LogP contribution in [0.3, 0.4) is 0 Å². The summed E-state index contributed by atoms with van der Waals surface area (Å²) in [4.78, 5) is 17.3. The van der Waals surface area contributed by atoms with Crippen molar-refractivity contribution < 1.29 is 9.53 Å². The van der Waals surface area contributed by atoms with Gasteiger partial charge in [0.15, 0.2) is 0 Å². The highest BCUT2D eigenvalue weighted by Crippen LogP contribution is 2.27. The summed E-state index contributed by atoms with van der Waals surface area (Å²) >= 11 is 0. The molecule has 4 nitrogen and oxygen atoms in total. The number of hydrogen-bond acceptors (Lipinski definition) is 3. The topological polar surface area (TPSA) is 51.2 Å². The number of pyridine rings is 1. The molecule has 27 heavy (non-hydrogen) atoms. The number of hydrogen-bond donors (Lipinski definition) is 1. The monoisotopic (exact) mass is 354 g/mol. The van der Waals surface area contributed by atoms with Gasteiger partial charge in [-0.1, -0.05) is 48.0 Å². The molecule has 1 N–H and O–H groups in total. The lowest BCUT2D eigenvalue weighted by atomic mass is 10.1. The first-order chi connectivity index (χ1) is 13.2. The van der Waals surface area contributed by atoms with Crippen molar-refractivity contribution in [1.29, 1.82) is 0 Å². The lowest BCUT2D eigenvalue weighted by Crippen LogP contribution is -2.13. The summed E-state index contributed by atoms with van der Waals surface area (Å²) in [5, 5.41) is 3.93. The third kappa shape index (κ3) is 3.65. The van der Waals surface area contributed by atoms with Crippen LogP contribution in [0, 0.1) is 6.92 Å². The summed E-state index contributed by atoms with van der Waals surface area (Å²) in [6.07, 6.45) is 1.71. The second-order valence-corrected chi connectivity index (χ2v) is 6.25. The number of nitrogens with zero attached hydrogens (tertiary/aromatic N) is 1. The van der Waals surface area contributed by atoms with Gasteiger partial charge in [0.2, 0.25) is 0 Å². The zero-order valence-electron chi connectivity index (χ0n) is 14.8. The van der Waals surface area contributed by atoms with Crippen molar-refractivity contribution in [3.63, 3.8) is 0 Å². The van der Waals surface area contributed by atoms with Crippen LogP contribution in [0.2, 0.25) is 0 Å². The van der Waals surface area contributed by atoms with E-state index in [-0.39, 0.29) is 5.91 Å². The number of rotatable bonds is 4. The van der Waals surface area contributed by atoms with E-state index in [0.29, 0.717) is 22.7 Å². The van der Waals surface area contributed by atoms with Gasteiger partial charge >= 0.3 is 0 Å². The highest BCUT2D eigenvalue weighted by atomic mass is 16.5. The predicted molar refractivity (Wildman–Crippen MR) is 107 cm³/mol. The quantitative estimate of drug-likeness (QED) is 0.520. The van der Waals surface area contributed by atoms with Crippen LogP contribution in [0.15, 0.2) is 85.1 Å². The average molecular weight is 354 g/mol. The molecule has 4 aromatic rings. The molecule has 3 aromatic carbocycles. The first-order valence-electron chi connectivity index (χ1n) is 8.69. The first-order valence-corrected chi connectivity index (χ1v) is 8.69. The third-order valence-electron chi connectivity index (χ3n) is 4.26. The second kappa shape index (κ2) is 7.30. The standard InChI is InChI=1S/C23H18N2O2/c1-16-11-13-18(14-12-16)27-21-10-3-2-8-19(21)23(26)25-20-9-4-6-17-7-5-15-24-22(17)20/h2-15H,1H3,(H,25,26). The van der Waals surface area contributed by atoms with E-state index in [1.807, 2.05) is 73.7 Å². The number of carbonyl (C=O) groups excluding carboxylic acids is 1. The Hall–Kier alpha value is -3.66. The van der Waals surface area contributed by atoms with E-state index >= 15 is 0 Å². The largest absolute Gasteiger partial charge is 0.457 e. The Balaban J connectivity index is 1.63. The molecule has 0 spiro atoms. The molecule has 0 atom stereocenters. The van der Waals surface area contributed by atoms with Gasteiger partial charge in [0.05, 0.1) is 16.8 Å². The van der Waals surface area contributed by atoms with Gasteiger partial charge in [-0.05, 0) is 43.3 Å². The molecule has 1 aromatic heterocycles. The van der Waals surface area contributed by atoms with Crippen LogP contribution in [-0.4, -0.2) is 10.9 Å². The van der Waals surface area contributed by atoms with Crippen molar-refractivity contribution in [3.05, 3.63) is 96.2 Å². The summed E-state index contributed by atoms with van der Waals surface area (Å²) in [7, 11) is 0. The van der Waals surface area contributed by atoms with Gasteiger partial charge in [-0.25, -0.2) is 0 Å². The van der Waals surface area contributed by atoms with Crippen LogP contribution in [0.5, 0.6) is 11.5 Å². The molecule has 0 fully saturated rings. The number of benzene rings is 3. The van der Waals surface area contributed by atoms with Crippen LogP contribution in [-0.2, 0) is 0 Å². The van der Waals surface area contributed by atoms with Gasteiger partial charge in [-0.2, -0.15) is 0 Å². The molecule has 0 unspecified atom stereocenters. The van der Waals surface area contributed by atoms with Crippen molar-refractivity contribution in [2.75, 3.05) is 5.32 Å². The van der Waals surface area contributed by atoms with Crippen LogP contribution in [0.4, 0.5) is 5.69 Å². The van der Waals surface area contributed by atoms with Crippen LogP contribution in [0.25, 0.3) is 10.9 Å². The minimum Gasteiger partial charge on any atom is -0.457 e. The molecule has 0 bridgehead atoms. The van der Waals surface area contributed by atoms with Crippen molar-refractivity contribution in [1.82, 2.24) is 4.98 Å². The number of anilines is 1. The molecule has 1 amide bonds. The van der Waals surface area contributed by atoms with Crippen molar-refractivity contribution in [2.45, 2.75) is 6.92 Å². The Kier molecular flexibility index (Phi) is 4.54. The molecule has 0 radical (unpaired) electrons. The number of aromatic nitrogens is 1. The predicted octanol–water partition coefficient (Wildman–Crippen LogP) is 5.59. The van der Waals surface area contributed by atoms with Gasteiger partial charge in [-0.3, -0.25) is 9.78 Å². The zero-order chi connectivity index (χ0) is 18.6. The smallest absolute Gasteiger partial charge is 0.259 e. The Morgan fingerprint density at radius 3 is 2.52 bits per heavy atom. The Bertz CT molecular complexity index is 1100. The fourth-order valence-corrected chi connectivity index (χ4v) is 2.87. The van der Waals surface area contributed by atoms with Gasteiger partial charge in [-0.15, -0.1) is 0 Å². The van der Waals surface area contributed by atoms with Crippen LogP contribution in [0.1, 0.15) is 15.9 Å². The minimum absolute atomic E-state index is 0.240. The van der Waals surface area contributed by atoms with E-state index < -0.39 is 0 Å². The molecule has 0 saturated heterocycles. The van der Waals surface area contributed by atoms with Crippen molar-refractivity contribution >= 4 is 22.5 Å². The molecule has 1 heterocycles. The molecule has 0 aliphatic carbocycles. The minimum atomic E-state index is -0.240. The van der Waals surface area contributed by atoms with Crippen molar-refractivity contribution in [3.8, 4) is 11.5 Å². The van der Waals surface area contributed by atoms with E-state index in [0.717, 1.165) is 16.5 Å². The molecule has 4 rings (SSSR count). The fourth-order valence-electron chi connectivity index (χ4n) is 2.87. The number of aryl methyl sites for hydroxylation is 1. The van der Waals surface area contributed by atoms with Crippen LogP contribution >= 0.6 is 0 Å². The summed E-state index contributed by atoms with van der Waals surface area (Å²) in [5.74, 6) is 0.954. The number of fused-ring (bicyclic) bond motifs is 1. The SMILES string of the molecule is Cc1ccc(Oc2ccccc2C(=O)Nc2cccc3cccnc23)cc1. The van der Waals surface area contributed by atoms with E-state index in [2.05, 4.69) is 10.3 Å². The average Bonchev–Trinajstić information content (AvgIpc) is 2.70. The Morgan fingerprint density at radius 1 is 0.889 bits per heavy atom. The normalized spacial score (nSPS) is 10.6. The highest BCUT2D eigenvalue weighted by Gasteiger charge is 2.14. The van der Waals surface area contributed by atoms with E-state index in [1.165, 1.54) is 0 Å². The Labute approximate surface area is 157 Å².